The van der Waals surface area contributed by atoms with E-state index in [4.69, 9.17) is 4.74 Å². The second kappa shape index (κ2) is 7.88. The van der Waals surface area contributed by atoms with Gasteiger partial charge in [0.15, 0.2) is 5.96 Å². The fraction of sp³-hybridized carbons (Fsp3) is 0.833. The van der Waals surface area contributed by atoms with Gasteiger partial charge in [0.2, 0.25) is 0 Å². The molecular weight excluding hydrogens is 359 g/mol. The normalized spacial score (nSPS) is 24.1. The molecule has 0 aliphatic carbocycles. The molecule has 1 atom stereocenters. The molecule has 1 amide bonds. The number of hydrogen-bond acceptors (Lipinski definition) is 3. The van der Waals surface area contributed by atoms with Crippen LogP contribution >= 0.6 is 24.0 Å². The standard InChI is InChI=1S/C12H22N4O2.HI/c1-13-12(14-2)16-7-5-15(6-8-16)11(17)10-4-3-9-18-10;/h10H,3-9H2,1-2H3,(H,13,14);1H. The van der Waals surface area contributed by atoms with Crippen molar-refractivity contribution in [1.29, 1.82) is 0 Å². The first-order valence-corrected chi connectivity index (χ1v) is 6.56. The first-order valence-electron chi connectivity index (χ1n) is 6.56. The van der Waals surface area contributed by atoms with Crippen molar-refractivity contribution in [3.8, 4) is 0 Å². The Morgan fingerprint density at radius 1 is 1.26 bits per heavy atom. The fourth-order valence-electron chi connectivity index (χ4n) is 2.53. The molecular formula is C12H23IN4O2. The molecule has 2 aliphatic heterocycles. The Labute approximate surface area is 131 Å². The number of guanidine groups is 1. The Hall–Kier alpha value is -0.570. The lowest BCUT2D eigenvalue weighted by molar-refractivity contribution is -0.142. The summed E-state index contributed by atoms with van der Waals surface area (Å²) in [5, 5.41) is 3.07. The lowest BCUT2D eigenvalue weighted by Gasteiger charge is -2.36. The van der Waals surface area contributed by atoms with Crippen LogP contribution in [0, 0.1) is 0 Å². The molecule has 1 N–H and O–H groups in total. The Morgan fingerprint density at radius 2 is 1.89 bits per heavy atom. The number of hydrogen-bond donors (Lipinski definition) is 1. The Morgan fingerprint density at radius 3 is 2.37 bits per heavy atom. The van der Waals surface area contributed by atoms with Crippen LogP contribution in [0.4, 0.5) is 0 Å². The van der Waals surface area contributed by atoms with E-state index in [0.717, 1.165) is 51.6 Å². The van der Waals surface area contributed by atoms with E-state index < -0.39 is 0 Å². The number of rotatable bonds is 1. The SMILES string of the molecule is CN=C(NC)N1CCN(C(=O)C2CCCO2)CC1.I. The molecule has 0 spiro atoms. The van der Waals surface area contributed by atoms with Crippen molar-refractivity contribution in [2.75, 3.05) is 46.9 Å². The van der Waals surface area contributed by atoms with Gasteiger partial charge in [0.25, 0.3) is 5.91 Å². The van der Waals surface area contributed by atoms with Gasteiger partial charge in [-0.15, -0.1) is 24.0 Å². The number of nitrogens with one attached hydrogen (secondary N) is 1. The summed E-state index contributed by atoms with van der Waals surface area (Å²) in [5.74, 6) is 1.05. The van der Waals surface area contributed by atoms with Crippen molar-refractivity contribution in [3.63, 3.8) is 0 Å². The molecule has 2 heterocycles. The van der Waals surface area contributed by atoms with Gasteiger partial charge >= 0.3 is 0 Å². The Balaban J connectivity index is 0.00000180. The van der Waals surface area contributed by atoms with E-state index in [1.165, 1.54) is 0 Å². The number of nitrogens with zero attached hydrogens (tertiary/aromatic N) is 3. The van der Waals surface area contributed by atoms with Gasteiger partial charge in [-0.2, -0.15) is 0 Å². The maximum Gasteiger partial charge on any atom is 0.251 e. The lowest BCUT2D eigenvalue weighted by atomic mass is 10.2. The minimum absolute atomic E-state index is 0. The Kier molecular flexibility index (Phi) is 6.84. The number of carbonyl (C=O) groups is 1. The molecule has 2 saturated heterocycles. The first-order chi connectivity index (χ1) is 8.76. The third kappa shape index (κ3) is 3.95. The maximum absolute atomic E-state index is 12.2. The van der Waals surface area contributed by atoms with Crippen LogP contribution in [0.1, 0.15) is 12.8 Å². The molecule has 1 unspecified atom stereocenters. The molecule has 0 aromatic heterocycles. The quantitative estimate of drug-likeness (QED) is 0.398. The summed E-state index contributed by atoms with van der Waals surface area (Å²) in [4.78, 5) is 20.4. The van der Waals surface area contributed by atoms with Crippen LogP contribution < -0.4 is 5.32 Å². The minimum Gasteiger partial charge on any atom is -0.368 e. The monoisotopic (exact) mass is 382 g/mol. The zero-order valence-electron chi connectivity index (χ0n) is 11.6. The van der Waals surface area contributed by atoms with E-state index in [0.29, 0.717) is 0 Å². The molecule has 2 rings (SSSR count). The largest absolute Gasteiger partial charge is 0.368 e. The van der Waals surface area contributed by atoms with Crippen molar-refractivity contribution in [2.45, 2.75) is 18.9 Å². The smallest absolute Gasteiger partial charge is 0.251 e. The summed E-state index contributed by atoms with van der Waals surface area (Å²) in [7, 11) is 3.64. The van der Waals surface area contributed by atoms with Gasteiger partial charge in [0, 0.05) is 46.9 Å². The first kappa shape index (κ1) is 16.5. The Bertz CT molecular complexity index is 324. The third-order valence-corrected chi connectivity index (χ3v) is 3.53. The molecule has 0 aromatic rings. The molecule has 2 fully saturated rings. The highest BCUT2D eigenvalue weighted by molar-refractivity contribution is 14.0. The fourth-order valence-corrected chi connectivity index (χ4v) is 2.53. The molecule has 19 heavy (non-hydrogen) atoms. The van der Waals surface area contributed by atoms with Gasteiger partial charge in [-0.3, -0.25) is 9.79 Å². The highest BCUT2D eigenvalue weighted by Gasteiger charge is 2.30. The van der Waals surface area contributed by atoms with E-state index in [9.17, 15) is 4.79 Å². The van der Waals surface area contributed by atoms with Crippen molar-refractivity contribution < 1.29 is 9.53 Å². The average Bonchev–Trinajstić information content (AvgIpc) is 2.94. The van der Waals surface area contributed by atoms with Gasteiger partial charge in [0.1, 0.15) is 6.10 Å². The summed E-state index contributed by atoms with van der Waals surface area (Å²) in [6.45, 7) is 3.87. The van der Waals surface area contributed by atoms with Gasteiger partial charge in [-0.05, 0) is 12.8 Å². The number of halogens is 1. The zero-order chi connectivity index (χ0) is 13.0. The summed E-state index contributed by atoms with van der Waals surface area (Å²) in [6, 6.07) is 0. The highest BCUT2D eigenvalue weighted by atomic mass is 127. The van der Waals surface area contributed by atoms with Crippen LogP contribution in [0.2, 0.25) is 0 Å². The molecule has 0 aromatic carbocycles. The van der Waals surface area contributed by atoms with Crippen LogP contribution in [0.15, 0.2) is 4.99 Å². The van der Waals surface area contributed by atoms with Crippen molar-refractivity contribution in [1.82, 2.24) is 15.1 Å². The van der Waals surface area contributed by atoms with E-state index in [-0.39, 0.29) is 36.0 Å². The number of amides is 1. The number of carbonyl (C=O) groups excluding carboxylic acids is 1. The lowest BCUT2D eigenvalue weighted by Crippen LogP contribution is -2.54. The van der Waals surface area contributed by atoms with E-state index in [2.05, 4.69) is 15.2 Å². The van der Waals surface area contributed by atoms with Gasteiger partial charge in [0.05, 0.1) is 0 Å². The van der Waals surface area contributed by atoms with E-state index in [1.54, 1.807) is 7.05 Å². The highest BCUT2D eigenvalue weighted by Crippen LogP contribution is 2.15. The van der Waals surface area contributed by atoms with Crippen LogP contribution in [0.3, 0.4) is 0 Å². The van der Waals surface area contributed by atoms with Crippen LogP contribution in [-0.4, -0.2) is 74.7 Å². The second-order valence-corrected chi connectivity index (χ2v) is 4.61. The van der Waals surface area contributed by atoms with E-state index in [1.807, 2.05) is 11.9 Å². The summed E-state index contributed by atoms with van der Waals surface area (Å²) in [5.41, 5.74) is 0. The summed E-state index contributed by atoms with van der Waals surface area (Å²) < 4.78 is 5.44. The zero-order valence-corrected chi connectivity index (χ0v) is 13.9. The number of piperazine rings is 1. The molecule has 7 heteroatoms. The van der Waals surface area contributed by atoms with Crippen molar-refractivity contribution >= 4 is 35.8 Å². The predicted molar refractivity (Wildman–Crippen MR) is 85.0 cm³/mol. The second-order valence-electron chi connectivity index (χ2n) is 4.61. The molecule has 0 saturated carbocycles. The number of aliphatic imine (C=N–C) groups is 1. The topological polar surface area (TPSA) is 57.2 Å². The van der Waals surface area contributed by atoms with Gasteiger partial charge < -0.3 is 19.9 Å². The average molecular weight is 382 g/mol. The van der Waals surface area contributed by atoms with Crippen LogP contribution in [-0.2, 0) is 9.53 Å². The van der Waals surface area contributed by atoms with E-state index >= 15 is 0 Å². The molecule has 6 nitrogen and oxygen atoms in total. The van der Waals surface area contributed by atoms with Crippen LogP contribution in [0.25, 0.3) is 0 Å². The maximum atomic E-state index is 12.2. The summed E-state index contributed by atoms with van der Waals surface area (Å²) in [6.07, 6.45) is 1.68. The molecule has 2 aliphatic rings. The third-order valence-electron chi connectivity index (χ3n) is 3.53. The molecule has 0 radical (unpaired) electrons. The predicted octanol–water partition coefficient (Wildman–Crippen LogP) is 0.133. The molecule has 110 valence electrons. The van der Waals surface area contributed by atoms with Crippen LogP contribution in [0.5, 0.6) is 0 Å². The van der Waals surface area contributed by atoms with Crippen molar-refractivity contribution in [2.24, 2.45) is 4.99 Å². The van der Waals surface area contributed by atoms with Crippen molar-refractivity contribution in [3.05, 3.63) is 0 Å². The van der Waals surface area contributed by atoms with Gasteiger partial charge in [-0.1, -0.05) is 0 Å². The number of ether oxygens (including phenoxy) is 1. The van der Waals surface area contributed by atoms with Gasteiger partial charge in [-0.25, -0.2) is 0 Å². The minimum atomic E-state index is -0.194. The summed E-state index contributed by atoms with van der Waals surface area (Å²) >= 11 is 0. The molecule has 0 bridgehead atoms.